The Morgan fingerprint density at radius 1 is 0.763 bits per heavy atom. The number of piperazine rings is 1. The molecule has 0 spiro atoms. The molecule has 0 radical (unpaired) electrons. The molecule has 4 heterocycles. The van der Waals surface area contributed by atoms with Crippen LogP contribution in [0.15, 0.2) is 97.3 Å². The Hall–Kier alpha value is -6.83. The van der Waals surface area contributed by atoms with Crippen LogP contribution >= 0.6 is 11.6 Å². The molecule has 21 heteroatoms. The number of para-hydroxylation sites is 1. The molecule has 1 fully saturated rings. The van der Waals surface area contributed by atoms with Crippen molar-refractivity contribution >= 4 is 64.2 Å². The average molecular weight is 847 g/mol. The van der Waals surface area contributed by atoms with Gasteiger partial charge in [-0.25, -0.2) is 24.4 Å². The van der Waals surface area contributed by atoms with Gasteiger partial charge in [0.15, 0.2) is 5.82 Å². The van der Waals surface area contributed by atoms with Crippen molar-refractivity contribution in [2.45, 2.75) is 18.8 Å². The number of ether oxygens (including phenoxy) is 1. The van der Waals surface area contributed by atoms with Crippen LogP contribution in [-0.2, 0) is 16.0 Å². The van der Waals surface area contributed by atoms with E-state index in [-0.39, 0.29) is 6.03 Å². The highest BCUT2D eigenvalue weighted by Crippen LogP contribution is 2.31. The lowest BCUT2D eigenvalue weighted by molar-refractivity contribution is -0.193. The summed E-state index contributed by atoms with van der Waals surface area (Å²) in [6, 6.07) is 27.6. The minimum atomic E-state index is -5.08. The molecule has 1 saturated heterocycles. The van der Waals surface area contributed by atoms with Crippen molar-refractivity contribution in [2.75, 3.05) is 53.6 Å². The summed E-state index contributed by atoms with van der Waals surface area (Å²) in [5.41, 5.74) is 5.63. The lowest BCUT2D eigenvalue weighted by Crippen LogP contribution is -2.50. The number of benzene rings is 3. The van der Waals surface area contributed by atoms with Gasteiger partial charge in [-0.05, 0) is 65.2 Å². The van der Waals surface area contributed by atoms with E-state index in [0.29, 0.717) is 56.0 Å². The number of hydrogen-bond donors (Lipinski definition) is 5. The number of nitrogens with one attached hydrogen (secondary N) is 3. The average Bonchev–Trinajstić information content (AvgIpc) is 3.19. The summed E-state index contributed by atoms with van der Waals surface area (Å²) in [6.07, 6.45) is -6.05. The highest BCUT2D eigenvalue weighted by molar-refractivity contribution is 6.32. The standard InChI is InChI=1S/C34H31ClN8O2.2C2HF3O2/c35-30-22-37-33-39-28-18-23(10-16-45-29-8-4-7-27(21-29)38-32(30)41-33)17-25(19-28)24-9-11-36-31(20-24)42-12-14-43(15-13-42)34(44)40-26-5-2-1-3-6-26;2*3-2(4,5)1(6)7/h1-9,11,17-22H,10,12-16H2,(H,40,44)(H2,37,38,39,41);2*(H,6,7). The third-order valence-electron chi connectivity index (χ3n) is 8.23. The highest BCUT2D eigenvalue weighted by Gasteiger charge is 2.39. The highest BCUT2D eigenvalue weighted by atomic mass is 35.5. The number of pyridine rings is 1. The second kappa shape index (κ2) is 19.1. The summed E-state index contributed by atoms with van der Waals surface area (Å²) in [5, 5.41) is 24.3. The van der Waals surface area contributed by atoms with E-state index in [9.17, 15) is 31.1 Å². The molecule has 0 atom stereocenters. The van der Waals surface area contributed by atoms with Crippen LogP contribution in [0.2, 0.25) is 5.02 Å². The van der Waals surface area contributed by atoms with E-state index in [1.165, 1.54) is 0 Å². The molecule has 5 N–H and O–H groups in total. The maximum absolute atomic E-state index is 12.8. The van der Waals surface area contributed by atoms with Gasteiger partial charge in [-0.15, -0.1) is 0 Å². The number of fused-ring (bicyclic) bond motifs is 6. The Morgan fingerprint density at radius 3 is 2.10 bits per heavy atom. The number of carboxylic acid groups (broad SMARTS) is 2. The van der Waals surface area contributed by atoms with Crippen LogP contribution in [0.1, 0.15) is 5.56 Å². The van der Waals surface area contributed by atoms with E-state index in [1.54, 1.807) is 6.20 Å². The Kier molecular flexibility index (Phi) is 14.0. The van der Waals surface area contributed by atoms with Gasteiger partial charge in [0.2, 0.25) is 5.95 Å². The number of carbonyl (C=O) groups excluding carboxylic acids is 1. The first-order chi connectivity index (χ1) is 27.9. The van der Waals surface area contributed by atoms with Gasteiger partial charge in [-0.1, -0.05) is 41.9 Å². The molecule has 14 nitrogen and oxygen atoms in total. The maximum Gasteiger partial charge on any atom is 0.490 e. The largest absolute Gasteiger partial charge is 0.493 e. The van der Waals surface area contributed by atoms with Gasteiger partial charge < -0.3 is 40.7 Å². The molecule has 3 aromatic carbocycles. The second-order valence-corrected chi connectivity index (χ2v) is 12.9. The lowest BCUT2D eigenvalue weighted by Gasteiger charge is -2.35. The van der Waals surface area contributed by atoms with Crippen molar-refractivity contribution in [3.63, 3.8) is 0 Å². The number of aliphatic carboxylic acids is 2. The van der Waals surface area contributed by atoms with E-state index >= 15 is 0 Å². The second-order valence-electron chi connectivity index (χ2n) is 12.5. The quantitative estimate of drug-likeness (QED) is 0.110. The Morgan fingerprint density at radius 2 is 1.44 bits per heavy atom. The molecule has 2 aliphatic rings. The van der Waals surface area contributed by atoms with Gasteiger partial charge in [0.05, 0.1) is 12.8 Å². The molecule has 7 rings (SSSR count). The Bertz CT molecular complexity index is 2240. The Balaban J connectivity index is 0.000000407. The number of amides is 2. The van der Waals surface area contributed by atoms with E-state index in [1.807, 2.05) is 71.8 Å². The summed E-state index contributed by atoms with van der Waals surface area (Å²) < 4.78 is 69.6. The monoisotopic (exact) mass is 846 g/mol. The number of anilines is 6. The number of rotatable bonds is 3. The smallest absolute Gasteiger partial charge is 0.490 e. The summed E-state index contributed by atoms with van der Waals surface area (Å²) in [7, 11) is 0. The normalized spacial score (nSPS) is 13.6. The summed E-state index contributed by atoms with van der Waals surface area (Å²) >= 11 is 6.42. The molecule has 5 aromatic rings. The van der Waals surface area contributed by atoms with Crippen LogP contribution in [0.3, 0.4) is 0 Å². The molecular formula is C38H33ClF6N8O6. The van der Waals surface area contributed by atoms with Crippen molar-refractivity contribution in [1.29, 1.82) is 0 Å². The molecule has 2 amide bonds. The third kappa shape index (κ3) is 12.8. The number of alkyl halides is 6. The molecule has 0 unspecified atom stereocenters. The van der Waals surface area contributed by atoms with Gasteiger partial charge in [-0.2, -0.15) is 31.3 Å². The van der Waals surface area contributed by atoms with Crippen molar-refractivity contribution in [3.8, 4) is 16.9 Å². The van der Waals surface area contributed by atoms with E-state index in [4.69, 9.17) is 36.1 Å². The first kappa shape index (κ1) is 43.3. The van der Waals surface area contributed by atoms with Gasteiger partial charge in [0.1, 0.15) is 16.6 Å². The number of halogens is 7. The molecule has 310 valence electrons. The summed E-state index contributed by atoms with van der Waals surface area (Å²) in [4.78, 5) is 48.4. The fraction of sp³-hybridized carbons (Fsp3) is 0.211. The molecular weight excluding hydrogens is 814 g/mol. The van der Waals surface area contributed by atoms with Crippen molar-refractivity contribution in [1.82, 2.24) is 19.9 Å². The van der Waals surface area contributed by atoms with Crippen LogP contribution in [0.25, 0.3) is 11.1 Å². The minimum Gasteiger partial charge on any atom is -0.493 e. The van der Waals surface area contributed by atoms with Gasteiger partial charge >= 0.3 is 30.3 Å². The topological polar surface area (TPSA) is 182 Å². The zero-order valence-corrected chi connectivity index (χ0v) is 31.1. The van der Waals surface area contributed by atoms with Gasteiger partial charge in [0.25, 0.3) is 0 Å². The SMILES string of the molecule is O=C(Nc1ccccc1)N1CCN(c2cc(-c3cc4cc(c3)Nc3ncc(Cl)c(n3)Nc3cccc(c3)OCC4)ccn2)CC1.O=C(O)C(F)(F)F.O=C(O)C(F)(F)F. The molecule has 6 bridgehead atoms. The third-order valence-corrected chi connectivity index (χ3v) is 8.51. The number of carbonyl (C=O) groups is 3. The molecule has 59 heavy (non-hydrogen) atoms. The van der Waals surface area contributed by atoms with Crippen molar-refractivity contribution in [2.24, 2.45) is 0 Å². The molecule has 2 aliphatic heterocycles. The predicted octanol–water partition coefficient (Wildman–Crippen LogP) is 8.23. The zero-order valence-electron chi connectivity index (χ0n) is 30.4. The number of carboxylic acids is 2. The molecule has 2 aromatic heterocycles. The summed E-state index contributed by atoms with van der Waals surface area (Å²) in [6.45, 7) is 3.10. The van der Waals surface area contributed by atoms with Crippen molar-refractivity contribution < 1.29 is 55.7 Å². The first-order valence-electron chi connectivity index (χ1n) is 17.3. The zero-order chi connectivity index (χ0) is 42.7. The minimum absolute atomic E-state index is 0.0883. The van der Waals surface area contributed by atoms with Crippen molar-refractivity contribution in [3.05, 3.63) is 108 Å². The van der Waals surface area contributed by atoms with Gasteiger partial charge in [0, 0.05) is 61.9 Å². The van der Waals surface area contributed by atoms with Crippen LogP contribution in [0.5, 0.6) is 5.75 Å². The number of urea groups is 1. The van der Waals surface area contributed by atoms with E-state index in [0.717, 1.165) is 45.3 Å². The van der Waals surface area contributed by atoms with E-state index in [2.05, 4.69) is 60.1 Å². The Labute approximate surface area is 336 Å². The maximum atomic E-state index is 12.8. The van der Waals surface area contributed by atoms with E-state index < -0.39 is 24.3 Å². The fourth-order valence-corrected chi connectivity index (χ4v) is 5.58. The number of aromatic nitrogens is 3. The predicted molar refractivity (Wildman–Crippen MR) is 206 cm³/mol. The lowest BCUT2D eigenvalue weighted by atomic mass is 10.0. The van der Waals surface area contributed by atoms with Crippen LogP contribution in [0, 0.1) is 0 Å². The summed E-state index contributed by atoms with van der Waals surface area (Å²) in [5.74, 6) is -2.96. The molecule has 0 saturated carbocycles. The molecule has 0 aliphatic carbocycles. The van der Waals surface area contributed by atoms with Gasteiger partial charge in [-0.3, -0.25) is 0 Å². The first-order valence-corrected chi connectivity index (χ1v) is 17.7. The van der Waals surface area contributed by atoms with Crippen LogP contribution in [0.4, 0.5) is 65.8 Å². The number of hydrogen-bond acceptors (Lipinski definition) is 10. The van der Waals surface area contributed by atoms with Crippen LogP contribution in [-0.4, -0.2) is 93.2 Å². The number of nitrogens with zero attached hydrogens (tertiary/aromatic N) is 5. The van der Waals surface area contributed by atoms with Crippen LogP contribution < -0.4 is 25.6 Å². The fourth-order valence-electron chi connectivity index (χ4n) is 5.44.